The van der Waals surface area contributed by atoms with Gasteiger partial charge in [-0.25, -0.2) is 0 Å². The van der Waals surface area contributed by atoms with E-state index in [0.29, 0.717) is 30.6 Å². The average molecular weight is 431 g/mol. The molecule has 1 heterocycles. The number of anilines is 1. The standard InChI is InChI=1S/C23H30N2O4S/c1-4-28-20-12-6-5-11-19(20)24-23(30)25(16-18-10-8-14-29-18)15-17-9-7-13-21(26-2)22(17)27-3/h5-7,9,11-13,18H,4,8,10,14-16H2,1-3H3,(H,24,30). The van der Waals surface area contributed by atoms with Crippen LogP contribution in [0, 0.1) is 0 Å². The minimum atomic E-state index is 0.156. The largest absolute Gasteiger partial charge is 0.493 e. The number of ether oxygens (including phenoxy) is 4. The van der Waals surface area contributed by atoms with Crippen molar-refractivity contribution in [2.75, 3.05) is 39.3 Å². The molecule has 30 heavy (non-hydrogen) atoms. The van der Waals surface area contributed by atoms with Gasteiger partial charge in [-0.15, -0.1) is 0 Å². The van der Waals surface area contributed by atoms with Crippen LogP contribution in [0.4, 0.5) is 5.69 Å². The van der Waals surface area contributed by atoms with Crippen LogP contribution in [-0.2, 0) is 11.3 Å². The maximum absolute atomic E-state index is 5.88. The molecule has 1 N–H and O–H groups in total. The van der Waals surface area contributed by atoms with E-state index in [0.717, 1.165) is 42.2 Å². The number of para-hydroxylation sites is 3. The summed E-state index contributed by atoms with van der Waals surface area (Å²) in [6, 6.07) is 13.7. The highest BCUT2D eigenvalue weighted by molar-refractivity contribution is 7.80. The van der Waals surface area contributed by atoms with Gasteiger partial charge in [0.25, 0.3) is 0 Å². The van der Waals surface area contributed by atoms with E-state index in [9.17, 15) is 0 Å². The Morgan fingerprint density at radius 3 is 2.63 bits per heavy atom. The molecule has 0 radical (unpaired) electrons. The molecule has 0 bridgehead atoms. The molecule has 6 nitrogen and oxygen atoms in total. The second-order valence-electron chi connectivity index (χ2n) is 7.03. The van der Waals surface area contributed by atoms with Gasteiger partial charge in [-0.05, 0) is 50.2 Å². The van der Waals surface area contributed by atoms with Crippen LogP contribution >= 0.6 is 12.2 Å². The van der Waals surface area contributed by atoms with Gasteiger partial charge in [0.2, 0.25) is 0 Å². The Hall–Kier alpha value is -2.51. The van der Waals surface area contributed by atoms with Gasteiger partial charge < -0.3 is 29.2 Å². The fourth-order valence-corrected chi connectivity index (χ4v) is 3.83. The monoisotopic (exact) mass is 430 g/mol. The molecule has 1 unspecified atom stereocenters. The highest BCUT2D eigenvalue weighted by Gasteiger charge is 2.23. The zero-order valence-corrected chi connectivity index (χ0v) is 18.7. The lowest BCUT2D eigenvalue weighted by Gasteiger charge is -2.29. The predicted octanol–water partition coefficient (Wildman–Crippen LogP) is 4.48. The second-order valence-corrected chi connectivity index (χ2v) is 7.41. The fraction of sp³-hybridized carbons (Fsp3) is 0.435. The third-order valence-corrected chi connectivity index (χ3v) is 5.37. The van der Waals surface area contributed by atoms with Crippen LogP contribution in [0.5, 0.6) is 17.2 Å². The first-order valence-corrected chi connectivity index (χ1v) is 10.7. The number of thiocarbonyl (C=S) groups is 1. The van der Waals surface area contributed by atoms with E-state index in [2.05, 4.69) is 10.2 Å². The maximum atomic E-state index is 5.88. The van der Waals surface area contributed by atoms with E-state index in [1.807, 2.05) is 49.4 Å². The SMILES string of the molecule is CCOc1ccccc1NC(=S)N(Cc1cccc(OC)c1OC)CC1CCCO1. The highest BCUT2D eigenvalue weighted by Crippen LogP contribution is 2.32. The van der Waals surface area contributed by atoms with Crippen molar-refractivity contribution < 1.29 is 18.9 Å². The van der Waals surface area contributed by atoms with Crippen molar-refractivity contribution in [2.45, 2.75) is 32.4 Å². The van der Waals surface area contributed by atoms with E-state index < -0.39 is 0 Å². The molecular weight excluding hydrogens is 400 g/mol. The van der Waals surface area contributed by atoms with Crippen LogP contribution in [-0.4, -0.2) is 50.1 Å². The summed E-state index contributed by atoms with van der Waals surface area (Å²) < 4.78 is 22.7. The van der Waals surface area contributed by atoms with Crippen molar-refractivity contribution in [1.82, 2.24) is 4.90 Å². The van der Waals surface area contributed by atoms with Crippen molar-refractivity contribution in [2.24, 2.45) is 0 Å². The van der Waals surface area contributed by atoms with E-state index in [1.54, 1.807) is 14.2 Å². The number of methoxy groups -OCH3 is 2. The summed E-state index contributed by atoms with van der Waals surface area (Å²) in [5.41, 5.74) is 1.84. The van der Waals surface area contributed by atoms with E-state index >= 15 is 0 Å². The first-order valence-electron chi connectivity index (χ1n) is 10.3. The van der Waals surface area contributed by atoms with Crippen molar-refractivity contribution in [3.63, 3.8) is 0 Å². The topological polar surface area (TPSA) is 52.2 Å². The molecular formula is C23H30N2O4S. The molecule has 162 valence electrons. The Labute approximate surface area is 184 Å². The smallest absolute Gasteiger partial charge is 0.173 e. The minimum absolute atomic E-state index is 0.156. The summed E-state index contributed by atoms with van der Waals surface area (Å²) in [6.07, 6.45) is 2.27. The predicted molar refractivity (Wildman–Crippen MR) is 123 cm³/mol. The molecule has 1 aliphatic rings. The Kier molecular flexibility index (Phi) is 8.16. The maximum Gasteiger partial charge on any atom is 0.173 e. The number of hydrogen-bond donors (Lipinski definition) is 1. The average Bonchev–Trinajstić information content (AvgIpc) is 3.27. The first-order chi connectivity index (χ1) is 14.7. The van der Waals surface area contributed by atoms with E-state index in [-0.39, 0.29) is 6.10 Å². The van der Waals surface area contributed by atoms with Crippen molar-refractivity contribution in [1.29, 1.82) is 0 Å². The van der Waals surface area contributed by atoms with Crippen molar-refractivity contribution in [3.8, 4) is 17.2 Å². The lowest BCUT2D eigenvalue weighted by Crippen LogP contribution is -2.39. The van der Waals surface area contributed by atoms with Crippen molar-refractivity contribution in [3.05, 3.63) is 48.0 Å². The normalized spacial score (nSPS) is 15.5. The second kappa shape index (κ2) is 11.0. The highest BCUT2D eigenvalue weighted by atomic mass is 32.1. The minimum Gasteiger partial charge on any atom is -0.493 e. The third kappa shape index (κ3) is 5.55. The van der Waals surface area contributed by atoms with Crippen LogP contribution in [0.1, 0.15) is 25.3 Å². The quantitative estimate of drug-likeness (QED) is 0.589. The summed E-state index contributed by atoms with van der Waals surface area (Å²) in [5.74, 6) is 2.20. The molecule has 0 aromatic heterocycles. The van der Waals surface area contributed by atoms with Crippen LogP contribution in [0.15, 0.2) is 42.5 Å². The number of rotatable bonds is 9. The zero-order valence-electron chi connectivity index (χ0n) is 17.8. The Morgan fingerprint density at radius 1 is 1.13 bits per heavy atom. The lowest BCUT2D eigenvalue weighted by molar-refractivity contribution is 0.0903. The van der Waals surface area contributed by atoms with Gasteiger partial charge in [0.05, 0.1) is 32.6 Å². The molecule has 1 aliphatic heterocycles. The summed E-state index contributed by atoms with van der Waals surface area (Å²) in [5, 5.41) is 3.97. The van der Waals surface area contributed by atoms with Gasteiger partial charge in [0.15, 0.2) is 16.6 Å². The van der Waals surface area contributed by atoms with Crippen LogP contribution in [0.2, 0.25) is 0 Å². The summed E-state index contributed by atoms with van der Waals surface area (Å²) in [4.78, 5) is 2.12. The number of benzene rings is 2. The third-order valence-electron chi connectivity index (χ3n) is 5.01. The Bertz CT molecular complexity index is 840. The van der Waals surface area contributed by atoms with Gasteiger partial charge >= 0.3 is 0 Å². The van der Waals surface area contributed by atoms with E-state index in [1.165, 1.54) is 0 Å². The van der Waals surface area contributed by atoms with Crippen molar-refractivity contribution >= 4 is 23.0 Å². The molecule has 0 aliphatic carbocycles. The van der Waals surface area contributed by atoms with Gasteiger partial charge in [-0.3, -0.25) is 0 Å². The van der Waals surface area contributed by atoms with Crippen LogP contribution in [0.3, 0.4) is 0 Å². The molecule has 0 saturated carbocycles. The Balaban J connectivity index is 1.83. The van der Waals surface area contributed by atoms with Crippen LogP contribution < -0.4 is 19.5 Å². The fourth-order valence-electron chi connectivity index (χ4n) is 3.58. The molecule has 0 spiro atoms. The summed E-state index contributed by atoms with van der Waals surface area (Å²) >= 11 is 5.81. The number of nitrogens with one attached hydrogen (secondary N) is 1. The molecule has 1 atom stereocenters. The molecule has 7 heteroatoms. The van der Waals surface area contributed by atoms with Gasteiger partial charge in [-0.2, -0.15) is 0 Å². The Morgan fingerprint density at radius 2 is 1.93 bits per heavy atom. The summed E-state index contributed by atoms with van der Waals surface area (Å²) in [7, 11) is 3.29. The number of hydrogen-bond acceptors (Lipinski definition) is 5. The van der Waals surface area contributed by atoms with Gasteiger partial charge in [0, 0.05) is 25.3 Å². The summed E-state index contributed by atoms with van der Waals surface area (Å²) in [6.45, 7) is 4.63. The molecule has 2 aromatic rings. The lowest BCUT2D eigenvalue weighted by atomic mass is 10.1. The van der Waals surface area contributed by atoms with Gasteiger partial charge in [0.1, 0.15) is 5.75 Å². The molecule has 1 saturated heterocycles. The van der Waals surface area contributed by atoms with Gasteiger partial charge in [-0.1, -0.05) is 24.3 Å². The zero-order chi connectivity index (χ0) is 21.3. The van der Waals surface area contributed by atoms with Crippen LogP contribution in [0.25, 0.3) is 0 Å². The molecule has 2 aromatic carbocycles. The van der Waals surface area contributed by atoms with E-state index in [4.69, 9.17) is 31.2 Å². The number of nitrogens with zero attached hydrogens (tertiary/aromatic N) is 1. The molecule has 0 amide bonds. The molecule has 3 rings (SSSR count). The molecule has 1 fully saturated rings. The first kappa shape index (κ1) is 22.2.